The van der Waals surface area contributed by atoms with Crippen LogP contribution in [0.1, 0.15) is 52.6 Å². The number of rotatable bonds is 23. The number of methoxy groups -OCH3 is 1. The second kappa shape index (κ2) is 24.5. The molecule has 6 aromatic rings. The van der Waals surface area contributed by atoms with Gasteiger partial charge in [0, 0.05) is 5.75 Å². The van der Waals surface area contributed by atoms with Gasteiger partial charge in [0.2, 0.25) is 11.8 Å². The number of thioether (sulfide) groups is 3. The third-order valence-electron chi connectivity index (χ3n) is 11.0. The first-order valence-electron chi connectivity index (χ1n) is 21.4. The molecule has 0 spiro atoms. The van der Waals surface area contributed by atoms with Crippen molar-refractivity contribution in [2.75, 3.05) is 30.6 Å². The summed E-state index contributed by atoms with van der Waals surface area (Å²) in [7, 11) is 1.30. The number of allylic oxidation sites excluding steroid dienone is 1. The fraction of sp³-hybridized carbons (Fsp3) is 0.241. The Morgan fingerprint density at radius 1 is 0.578 bits per heavy atom. The summed E-state index contributed by atoms with van der Waals surface area (Å²) in [6.07, 6.45) is 5.19. The predicted octanol–water partition coefficient (Wildman–Crippen LogP) is 10.0. The van der Waals surface area contributed by atoms with Gasteiger partial charge >= 0.3 is 5.97 Å². The highest BCUT2D eigenvalue weighted by atomic mass is 32.2. The van der Waals surface area contributed by atoms with E-state index in [4.69, 9.17) is 4.74 Å². The summed E-state index contributed by atoms with van der Waals surface area (Å²) in [5.41, 5.74) is 6.58. The number of carbonyl (C=O) groups is 3. The van der Waals surface area contributed by atoms with Gasteiger partial charge in [-0.15, -0.1) is 23.5 Å². The van der Waals surface area contributed by atoms with Crippen LogP contribution in [0.4, 0.5) is 0 Å². The molecule has 0 aliphatic rings. The fourth-order valence-electron chi connectivity index (χ4n) is 7.88. The lowest BCUT2D eigenvalue weighted by Gasteiger charge is -2.36. The van der Waals surface area contributed by atoms with Crippen LogP contribution in [-0.2, 0) is 28.6 Å². The summed E-state index contributed by atoms with van der Waals surface area (Å²) >= 11 is 4.91. The molecule has 0 aromatic heterocycles. The molecular formula is C54H56N2O5S3. The highest BCUT2D eigenvalue weighted by Gasteiger charge is 2.40. The molecule has 0 radical (unpaired) electrons. The van der Waals surface area contributed by atoms with Gasteiger partial charge in [0.05, 0.1) is 29.1 Å². The lowest BCUT2D eigenvalue weighted by Crippen LogP contribution is -2.53. The van der Waals surface area contributed by atoms with E-state index < -0.39 is 45.5 Å². The molecule has 2 amide bonds. The quantitative estimate of drug-likeness (QED) is 0.0253. The highest BCUT2D eigenvalue weighted by molar-refractivity contribution is 8.01. The molecule has 0 saturated carbocycles. The third-order valence-corrected chi connectivity index (χ3v) is 14.8. The lowest BCUT2D eigenvalue weighted by atomic mass is 9.84. The standard InChI is InChI=1S/C54H56N2O5S3/c1-61-52(60)49(40-64-54(44-29-15-6-16-30-44,45-31-17-7-18-32-45)46-33-19-8-20-34-46)56-51(59)48(36-38-62-2)55-50(58)39-47(57)35-21-22-37-63-53(41-23-9-3-10-24-41,42-25-11-4-12-26-42)43-27-13-5-14-28-43/h3-21,23-35,47-49,57H,22,36-40H2,1-2H3,(H,55,58)(H,56,59)/b35-21+. The molecule has 7 nitrogen and oxygen atoms in total. The second-order valence-electron chi connectivity index (χ2n) is 15.2. The minimum Gasteiger partial charge on any atom is -0.467 e. The van der Waals surface area contributed by atoms with Crippen molar-refractivity contribution >= 4 is 53.1 Å². The van der Waals surface area contributed by atoms with Crippen LogP contribution in [-0.4, -0.2) is 71.7 Å². The number of ether oxygens (including phenoxy) is 1. The van der Waals surface area contributed by atoms with E-state index in [1.807, 2.05) is 96.9 Å². The van der Waals surface area contributed by atoms with E-state index in [9.17, 15) is 19.5 Å². The molecule has 6 aromatic carbocycles. The largest absolute Gasteiger partial charge is 0.467 e. The molecule has 3 N–H and O–H groups in total. The van der Waals surface area contributed by atoms with E-state index in [2.05, 4.69) is 120 Å². The molecule has 3 atom stereocenters. The predicted molar refractivity (Wildman–Crippen MR) is 267 cm³/mol. The highest BCUT2D eigenvalue weighted by Crippen LogP contribution is 2.50. The summed E-state index contributed by atoms with van der Waals surface area (Å²) in [6, 6.07) is 59.9. The zero-order valence-corrected chi connectivity index (χ0v) is 38.7. The maximum atomic E-state index is 14.0. The van der Waals surface area contributed by atoms with E-state index >= 15 is 0 Å². The van der Waals surface area contributed by atoms with E-state index in [0.717, 1.165) is 22.4 Å². The van der Waals surface area contributed by atoms with Gasteiger partial charge in [-0.05, 0) is 64.0 Å². The Morgan fingerprint density at radius 3 is 1.34 bits per heavy atom. The van der Waals surface area contributed by atoms with Crippen LogP contribution in [0.15, 0.2) is 194 Å². The number of amides is 2. The first kappa shape index (κ1) is 47.9. The van der Waals surface area contributed by atoms with Crippen molar-refractivity contribution in [2.45, 2.75) is 46.9 Å². The van der Waals surface area contributed by atoms with Gasteiger partial charge in [-0.2, -0.15) is 11.8 Å². The van der Waals surface area contributed by atoms with Gasteiger partial charge in [-0.1, -0.05) is 194 Å². The molecule has 6 rings (SSSR count). The topological polar surface area (TPSA) is 105 Å². The molecule has 64 heavy (non-hydrogen) atoms. The number of carbonyl (C=O) groups excluding carboxylic acids is 3. The van der Waals surface area contributed by atoms with Gasteiger partial charge in [-0.25, -0.2) is 4.79 Å². The first-order chi connectivity index (χ1) is 31.3. The van der Waals surface area contributed by atoms with Crippen LogP contribution in [0.25, 0.3) is 0 Å². The maximum absolute atomic E-state index is 14.0. The molecule has 0 heterocycles. The van der Waals surface area contributed by atoms with E-state index in [-0.39, 0.29) is 12.2 Å². The first-order valence-corrected chi connectivity index (χ1v) is 24.8. The van der Waals surface area contributed by atoms with Crippen LogP contribution < -0.4 is 10.6 Å². The van der Waals surface area contributed by atoms with E-state index in [1.165, 1.54) is 35.6 Å². The Kier molecular flexibility index (Phi) is 18.4. The Labute approximate surface area is 390 Å². The SMILES string of the molecule is COC(=O)C(CSC(c1ccccc1)(c1ccccc1)c1ccccc1)NC(=O)C(CCSC)NC(=O)CC(O)/C=C/CCSC(c1ccccc1)(c1ccccc1)c1ccccc1. The van der Waals surface area contributed by atoms with Gasteiger partial charge in [0.15, 0.2) is 0 Å². The molecule has 330 valence electrons. The van der Waals surface area contributed by atoms with Crippen molar-refractivity contribution in [3.05, 3.63) is 228 Å². The van der Waals surface area contributed by atoms with Crippen LogP contribution in [0.5, 0.6) is 0 Å². The number of aliphatic hydroxyl groups excluding tert-OH is 1. The van der Waals surface area contributed by atoms with E-state index in [1.54, 1.807) is 17.8 Å². The lowest BCUT2D eigenvalue weighted by molar-refractivity contribution is -0.144. The molecular weight excluding hydrogens is 853 g/mol. The van der Waals surface area contributed by atoms with Crippen LogP contribution >= 0.6 is 35.3 Å². The molecule has 0 fully saturated rings. The fourth-order valence-corrected chi connectivity index (χ4v) is 11.4. The van der Waals surface area contributed by atoms with E-state index in [0.29, 0.717) is 18.6 Å². The zero-order valence-electron chi connectivity index (χ0n) is 36.3. The van der Waals surface area contributed by atoms with Crippen molar-refractivity contribution < 1.29 is 24.2 Å². The number of nitrogens with one attached hydrogen (secondary N) is 2. The zero-order chi connectivity index (χ0) is 45.0. The van der Waals surface area contributed by atoms with Crippen molar-refractivity contribution in [1.82, 2.24) is 10.6 Å². The van der Waals surface area contributed by atoms with Crippen molar-refractivity contribution in [1.29, 1.82) is 0 Å². The van der Waals surface area contributed by atoms with Gasteiger partial charge < -0.3 is 20.5 Å². The third kappa shape index (κ3) is 12.2. The Bertz CT molecular complexity index is 2160. The average molecular weight is 909 g/mol. The molecule has 10 heteroatoms. The molecule has 0 aliphatic heterocycles. The molecule has 0 saturated heterocycles. The normalized spacial score (nSPS) is 13.1. The summed E-state index contributed by atoms with van der Waals surface area (Å²) in [5, 5.41) is 16.8. The number of hydrogen-bond acceptors (Lipinski definition) is 8. The summed E-state index contributed by atoms with van der Waals surface area (Å²) < 4.78 is 4.04. The number of aliphatic hydroxyl groups is 1. The number of esters is 1. The molecule has 3 unspecified atom stereocenters. The van der Waals surface area contributed by atoms with Crippen molar-refractivity contribution in [2.24, 2.45) is 0 Å². The second-order valence-corrected chi connectivity index (χ2v) is 18.7. The minimum absolute atomic E-state index is 0.172. The van der Waals surface area contributed by atoms with Crippen molar-refractivity contribution in [3.8, 4) is 0 Å². The van der Waals surface area contributed by atoms with Crippen LogP contribution in [0.3, 0.4) is 0 Å². The van der Waals surface area contributed by atoms with Gasteiger partial charge in [0.25, 0.3) is 0 Å². The summed E-state index contributed by atoms with van der Waals surface area (Å²) in [4.78, 5) is 40.9. The van der Waals surface area contributed by atoms with Gasteiger partial charge in [0.1, 0.15) is 12.1 Å². The average Bonchev–Trinajstić information content (AvgIpc) is 3.35. The summed E-state index contributed by atoms with van der Waals surface area (Å²) in [5.74, 6) is -0.0514. The number of benzene rings is 6. The Morgan fingerprint density at radius 2 is 0.969 bits per heavy atom. The van der Waals surface area contributed by atoms with Crippen molar-refractivity contribution in [3.63, 3.8) is 0 Å². The minimum atomic E-state index is -1.06. The van der Waals surface area contributed by atoms with Crippen LogP contribution in [0.2, 0.25) is 0 Å². The maximum Gasteiger partial charge on any atom is 0.329 e. The summed E-state index contributed by atoms with van der Waals surface area (Å²) in [6.45, 7) is 0. The number of hydrogen-bond donors (Lipinski definition) is 3. The van der Waals surface area contributed by atoms with Crippen LogP contribution in [0, 0.1) is 0 Å². The molecule has 0 bridgehead atoms. The Hall–Kier alpha value is -5.52. The smallest absolute Gasteiger partial charge is 0.329 e. The van der Waals surface area contributed by atoms with Gasteiger partial charge in [-0.3, -0.25) is 9.59 Å². The Balaban J connectivity index is 1.12. The monoisotopic (exact) mass is 908 g/mol. The molecule has 0 aliphatic carbocycles.